The van der Waals surface area contributed by atoms with Gasteiger partial charge in [-0.15, -0.1) is 0 Å². The van der Waals surface area contributed by atoms with Crippen molar-refractivity contribution in [3.8, 4) is 11.1 Å². The third-order valence-electron chi connectivity index (χ3n) is 9.81. The number of para-hydroxylation sites is 4. The summed E-state index contributed by atoms with van der Waals surface area (Å²) in [5.74, 6) is 0. The Labute approximate surface area is 301 Å². The third kappa shape index (κ3) is 5.17. The van der Waals surface area contributed by atoms with E-state index in [4.69, 9.17) is 8.83 Å². The van der Waals surface area contributed by atoms with Crippen molar-refractivity contribution in [1.82, 2.24) is 0 Å². The third-order valence-corrected chi connectivity index (χ3v) is 9.81. The van der Waals surface area contributed by atoms with Crippen LogP contribution in [0, 0.1) is 0 Å². The van der Waals surface area contributed by atoms with Gasteiger partial charge < -0.3 is 18.6 Å². The molecule has 2 aromatic heterocycles. The first-order valence-electron chi connectivity index (χ1n) is 17.5. The number of furan rings is 2. The van der Waals surface area contributed by atoms with E-state index in [9.17, 15) is 0 Å². The molecule has 0 atom stereocenters. The summed E-state index contributed by atoms with van der Waals surface area (Å²) in [6.45, 7) is 0. The second kappa shape index (κ2) is 12.4. The number of fused-ring (bicyclic) bond motifs is 6. The van der Waals surface area contributed by atoms with Gasteiger partial charge in [0, 0.05) is 67.8 Å². The van der Waals surface area contributed by atoms with Crippen LogP contribution in [0.25, 0.3) is 55.0 Å². The summed E-state index contributed by atoms with van der Waals surface area (Å²) < 4.78 is 12.6. The zero-order valence-electron chi connectivity index (χ0n) is 28.2. The molecule has 0 fully saturated rings. The summed E-state index contributed by atoms with van der Waals surface area (Å²) in [5.41, 5.74) is 12.1. The fourth-order valence-electron chi connectivity index (χ4n) is 7.41. The zero-order valence-corrected chi connectivity index (χ0v) is 28.2. The fraction of sp³-hybridized carbons (Fsp3) is 0. The molecule has 0 aliphatic rings. The summed E-state index contributed by atoms with van der Waals surface area (Å²) in [6.07, 6.45) is 0. The van der Waals surface area contributed by atoms with Gasteiger partial charge >= 0.3 is 0 Å². The largest absolute Gasteiger partial charge is 0.456 e. The van der Waals surface area contributed by atoms with E-state index in [1.54, 1.807) is 0 Å². The number of hydrogen-bond donors (Lipinski definition) is 0. The van der Waals surface area contributed by atoms with E-state index < -0.39 is 0 Å². The van der Waals surface area contributed by atoms with Gasteiger partial charge in [-0.05, 0) is 96.1 Å². The molecule has 10 aromatic rings. The van der Waals surface area contributed by atoms with E-state index in [1.165, 1.54) is 0 Å². The van der Waals surface area contributed by atoms with Crippen LogP contribution in [0.5, 0.6) is 0 Å². The van der Waals surface area contributed by atoms with E-state index in [-0.39, 0.29) is 0 Å². The first-order chi connectivity index (χ1) is 25.8. The number of anilines is 6. The summed E-state index contributed by atoms with van der Waals surface area (Å²) >= 11 is 0. The maximum Gasteiger partial charge on any atom is 0.137 e. The van der Waals surface area contributed by atoms with Gasteiger partial charge in [0.25, 0.3) is 0 Å². The Morgan fingerprint density at radius 3 is 1.08 bits per heavy atom. The first-order valence-corrected chi connectivity index (χ1v) is 17.5. The lowest BCUT2D eigenvalue weighted by Crippen LogP contribution is -2.10. The van der Waals surface area contributed by atoms with Gasteiger partial charge in [0.15, 0.2) is 0 Å². The number of benzene rings is 8. The van der Waals surface area contributed by atoms with Gasteiger partial charge in [0.1, 0.15) is 22.3 Å². The smallest absolute Gasteiger partial charge is 0.137 e. The predicted molar refractivity (Wildman–Crippen MR) is 216 cm³/mol. The van der Waals surface area contributed by atoms with Gasteiger partial charge in [0.2, 0.25) is 0 Å². The molecule has 0 saturated carbocycles. The van der Waals surface area contributed by atoms with Gasteiger partial charge in [-0.2, -0.15) is 0 Å². The maximum atomic E-state index is 6.32. The average Bonchev–Trinajstić information content (AvgIpc) is 3.77. The standard InChI is InChI=1S/C48H32N2O2/c1-3-15-35(16-4-1)49(39-25-27-43-41-21-7-9-23-45(41)51-47(43)31-39)37-19-11-13-33(29-37)34-14-12-20-38(30-34)50(36-17-5-2-6-18-36)40-26-28-44-42-22-8-10-24-46(42)52-48(44)32-40/h1-32H. The molecule has 0 spiro atoms. The molecule has 10 rings (SSSR count). The second-order valence-electron chi connectivity index (χ2n) is 13.0. The molecular formula is C48H32N2O2. The van der Waals surface area contributed by atoms with E-state index in [0.29, 0.717) is 0 Å². The molecule has 4 nitrogen and oxygen atoms in total. The summed E-state index contributed by atoms with van der Waals surface area (Å²) in [6, 6.07) is 67.9. The lowest BCUT2D eigenvalue weighted by molar-refractivity contribution is 0.668. The molecule has 0 aliphatic carbocycles. The minimum absolute atomic E-state index is 0.866. The minimum atomic E-state index is 0.866. The van der Waals surface area contributed by atoms with E-state index >= 15 is 0 Å². The zero-order chi connectivity index (χ0) is 34.4. The first kappa shape index (κ1) is 29.8. The Balaban J connectivity index is 1.07. The maximum absolute atomic E-state index is 6.32. The Morgan fingerprint density at radius 2 is 0.615 bits per heavy atom. The normalized spacial score (nSPS) is 11.5. The van der Waals surface area contributed by atoms with Crippen LogP contribution < -0.4 is 9.80 Å². The van der Waals surface area contributed by atoms with Crippen LogP contribution in [0.4, 0.5) is 34.1 Å². The van der Waals surface area contributed by atoms with Crippen molar-refractivity contribution in [2.24, 2.45) is 0 Å². The molecular weight excluding hydrogens is 637 g/mol. The van der Waals surface area contributed by atoms with Crippen molar-refractivity contribution in [2.75, 3.05) is 9.80 Å². The molecule has 0 bridgehead atoms. The average molecular weight is 669 g/mol. The molecule has 0 radical (unpaired) electrons. The van der Waals surface area contributed by atoms with Gasteiger partial charge in [-0.25, -0.2) is 0 Å². The van der Waals surface area contributed by atoms with Crippen LogP contribution in [-0.4, -0.2) is 0 Å². The second-order valence-corrected chi connectivity index (χ2v) is 13.0. The minimum Gasteiger partial charge on any atom is -0.456 e. The van der Waals surface area contributed by atoms with Gasteiger partial charge in [-0.3, -0.25) is 0 Å². The van der Waals surface area contributed by atoms with Crippen LogP contribution in [0.15, 0.2) is 203 Å². The van der Waals surface area contributed by atoms with Crippen molar-refractivity contribution < 1.29 is 8.83 Å². The fourth-order valence-corrected chi connectivity index (χ4v) is 7.41. The highest BCUT2D eigenvalue weighted by Gasteiger charge is 2.18. The van der Waals surface area contributed by atoms with Crippen molar-refractivity contribution in [2.45, 2.75) is 0 Å². The SMILES string of the molecule is c1ccc(N(c2cccc(-c3cccc(N(c4ccccc4)c4ccc5c(c4)oc4ccccc45)c3)c2)c2ccc3c(c2)oc2ccccc23)cc1. The lowest BCUT2D eigenvalue weighted by Gasteiger charge is -2.27. The Hall–Kier alpha value is -7.04. The Bertz CT molecular complexity index is 2670. The van der Waals surface area contributed by atoms with E-state index in [1.807, 2.05) is 24.3 Å². The molecule has 0 saturated heterocycles. The van der Waals surface area contributed by atoms with Crippen LogP contribution in [0.2, 0.25) is 0 Å². The highest BCUT2D eigenvalue weighted by Crippen LogP contribution is 2.42. The van der Waals surface area contributed by atoms with Crippen LogP contribution in [0.3, 0.4) is 0 Å². The molecule has 0 N–H and O–H groups in total. The van der Waals surface area contributed by atoms with Crippen molar-refractivity contribution in [3.63, 3.8) is 0 Å². The summed E-state index contributed by atoms with van der Waals surface area (Å²) in [4.78, 5) is 4.58. The lowest BCUT2D eigenvalue weighted by atomic mass is 10.0. The Kier molecular flexibility index (Phi) is 7.10. The number of nitrogens with zero attached hydrogens (tertiary/aromatic N) is 2. The monoisotopic (exact) mass is 668 g/mol. The van der Waals surface area contributed by atoms with Crippen molar-refractivity contribution in [3.05, 3.63) is 194 Å². The van der Waals surface area contributed by atoms with Crippen LogP contribution in [-0.2, 0) is 0 Å². The molecule has 2 heterocycles. The van der Waals surface area contributed by atoms with Crippen molar-refractivity contribution in [1.29, 1.82) is 0 Å². The highest BCUT2D eigenvalue weighted by atomic mass is 16.3. The predicted octanol–water partition coefficient (Wildman–Crippen LogP) is 14.1. The molecule has 0 unspecified atom stereocenters. The topological polar surface area (TPSA) is 32.8 Å². The summed E-state index contributed by atoms with van der Waals surface area (Å²) in [7, 11) is 0. The van der Waals surface area contributed by atoms with Crippen LogP contribution >= 0.6 is 0 Å². The quantitative estimate of drug-likeness (QED) is 0.169. The van der Waals surface area contributed by atoms with Gasteiger partial charge in [0.05, 0.1) is 0 Å². The van der Waals surface area contributed by atoms with E-state index in [0.717, 1.165) is 89.1 Å². The number of hydrogen-bond acceptors (Lipinski definition) is 4. The molecule has 0 aliphatic heterocycles. The Morgan fingerprint density at radius 1 is 0.250 bits per heavy atom. The van der Waals surface area contributed by atoms with E-state index in [2.05, 4.69) is 180 Å². The molecule has 4 heteroatoms. The van der Waals surface area contributed by atoms with Crippen molar-refractivity contribution >= 4 is 78.0 Å². The highest BCUT2D eigenvalue weighted by molar-refractivity contribution is 6.07. The summed E-state index contributed by atoms with van der Waals surface area (Å²) in [5, 5.41) is 4.47. The van der Waals surface area contributed by atoms with Gasteiger partial charge in [-0.1, -0.05) is 97.1 Å². The number of rotatable bonds is 7. The molecule has 246 valence electrons. The molecule has 8 aromatic carbocycles. The van der Waals surface area contributed by atoms with Crippen LogP contribution in [0.1, 0.15) is 0 Å². The molecule has 52 heavy (non-hydrogen) atoms. The molecule has 0 amide bonds.